The van der Waals surface area contributed by atoms with Crippen LogP contribution < -0.4 is 5.32 Å². The number of tetrazole rings is 1. The van der Waals surface area contributed by atoms with Crippen LogP contribution in [-0.4, -0.2) is 55.0 Å². The quantitative estimate of drug-likeness (QED) is 0.800. The van der Waals surface area contributed by atoms with Gasteiger partial charge in [0, 0.05) is 31.8 Å². The van der Waals surface area contributed by atoms with Crippen molar-refractivity contribution in [3.05, 3.63) is 35.8 Å². The molecule has 2 amide bonds. The summed E-state index contributed by atoms with van der Waals surface area (Å²) in [5, 5.41) is 14.7. The van der Waals surface area contributed by atoms with E-state index in [2.05, 4.69) is 25.7 Å². The lowest BCUT2D eigenvalue weighted by atomic mass is 10.0. The van der Waals surface area contributed by atoms with Crippen LogP contribution >= 0.6 is 0 Å². The molecule has 5 rings (SSSR count). The minimum Gasteiger partial charge on any atom is -0.339 e. The molecule has 28 heavy (non-hydrogen) atoms. The van der Waals surface area contributed by atoms with E-state index >= 15 is 0 Å². The maximum Gasteiger partial charge on any atom is 0.246 e. The zero-order valence-electron chi connectivity index (χ0n) is 15.4. The van der Waals surface area contributed by atoms with Crippen LogP contribution in [0.2, 0.25) is 0 Å². The molecule has 2 aliphatic heterocycles. The number of fused-ring (bicyclic) bond motifs is 2. The van der Waals surface area contributed by atoms with E-state index in [4.69, 9.17) is 0 Å². The number of likely N-dealkylation sites (tertiary alicyclic amines) is 1. The monoisotopic (exact) mass is 379 g/mol. The Morgan fingerprint density at radius 2 is 2.04 bits per heavy atom. The molecule has 144 valence electrons. The number of aryl methyl sites for hydroxylation is 1. The Kier molecular flexibility index (Phi) is 4.14. The maximum absolute atomic E-state index is 12.6. The van der Waals surface area contributed by atoms with Crippen molar-refractivity contribution in [1.29, 1.82) is 0 Å². The van der Waals surface area contributed by atoms with Crippen LogP contribution in [0.5, 0.6) is 0 Å². The number of pyridine rings is 1. The van der Waals surface area contributed by atoms with Gasteiger partial charge in [-0.3, -0.25) is 9.59 Å². The molecule has 2 aromatic rings. The highest BCUT2D eigenvalue weighted by molar-refractivity contribution is 5.94. The molecule has 2 fully saturated rings. The highest BCUT2D eigenvalue weighted by Crippen LogP contribution is 2.43. The van der Waals surface area contributed by atoms with E-state index in [-0.39, 0.29) is 11.8 Å². The van der Waals surface area contributed by atoms with E-state index in [0.29, 0.717) is 36.5 Å². The van der Waals surface area contributed by atoms with Crippen molar-refractivity contribution < 1.29 is 9.59 Å². The van der Waals surface area contributed by atoms with Crippen LogP contribution in [-0.2, 0) is 16.0 Å². The minimum absolute atomic E-state index is 0.000100. The number of aromatic nitrogens is 5. The Morgan fingerprint density at radius 1 is 1.21 bits per heavy atom. The third-order valence-corrected chi connectivity index (χ3v) is 6.01. The number of rotatable bonds is 3. The second-order valence-electron chi connectivity index (χ2n) is 7.80. The first-order valence-corrected chi connectivity index (χ1v) is 9.64. The molecule has 0 radical (unpaired) electrons. The molecular weight excluding hydrogens is 358 g/mol. The van der Waals surface area contributed by atoms with E-state index in [0.717, 1.165) is 37.1 Å². The molecule has 3 aliphatic rings. The van der Waals surface area contributed by atoms with Gasteiger partial charge in [-0.25, -0.2) is 4.98 Å². The van der Waals surface area contributed by atoms with Crippen LogP contribution in [0.4, 0.5) is 5.82 Å². The molecule has 1 saturated carbocycles. The van der Waals surface area contributed by atoms with Crippen LogP contribution in [0.1, 0.15) is 36.4 Å². The van der Waals surface area contributed by atoms with Gasteiger partial charge in [-0.1, -0.05) is 0 Å². The summed E-state index contributed by atoms with van der Waals surface area (Å²) in [7, 11) is 0. The number of hydrogen-bond acceptors (Lipinski definition) is 6. The van der Waals surface area contributed by atoms with Crippen LogP contribution in [0.15, 0.2) is 24.7 Å². The molecule has 1 aliphatic carbocycles. The molecule has 2 aromatic heterocycles. The summed E-state index contributed by atoms with van der Waals surface area (Å²) in [5.74, 6) is 1.67. The van der Waals surface area contributed by atoms with Gasteiger partial charge in [0.2, 0.25) is 11.8 Å². The summed E-state index contributed by atoms with van der Waals surface area (Å²) in [6.45, 7) is 1.57. The first-order valence-electron chi connectivity index (χ1n) is 9.64. The van der Waals surface area contributed by atoms with Crippen LogP contribution in [0.3, 0.4) is 0 Å². The van der Waals surface area contributed by atoms with E-state index < -0.39 is 0 Å². The summed E-state index contributed by atoms with van der Waals surface area (Å²) >= 11 is 0. The highest BCUT2D eigenvalue weighted by atomic mass is 16.2. The van der Waals surface area contributed by atoms with Crippen molar-refractivity contribution in [2.75, 3.05) is 18.4 Å². The normalized spacial score (nSPS) is 26.4. The highest BCUT2D eigenvalue weighted by Gasteiger charge is 2.43. The molecule has 0 spiro atoms. The molecule has 1 unspecified atom stereocenters. The number of anilines is 1. The SMILES string of the molecule is O=C1CCc2cc(C=CC(=O)N3C[C@H]4CC(n5ncnn5)C[C@H]4C3)cnc2N1. The molecule has 4 heterocycles. The second kappa shape index (κ2) is 6.81. The number of carbonyl (C=O) groups is 2. The van der Waals surface area contributed by atoms with Crippen molar-refractivity contribution >= 4 is 23.7 Å². The van der Waals surface area contributed by atoms with E-state index in [1.165, 1.54) is 6.33 Å². The fourth-order valence-electron chi connectivity index (χ4n) is 4.62. The third-order valence-electron chi connectivity index (χ3n) is 6.01. The van der Waals surface area contributed by atoms with Crippen molar-refractivity contribution in [2.24, 2.45) is 11.8 Å². The van der Waals surface area contributed by atoms with E-state index in [1.54, 1.807) is 17.1 Å². The third kappa shape index (κ3) is 3.17. The summed E-state index contributed by atoms with van der Waals surface area (Å²) < 4.78 is 0. The minimum atomic E-state index is -0.000100. The predicted molar refractivity (Wildman–Crippen MR) is 99.9 cm³/mol. The largest absolute Gasteiger partial charge is 0.339 e. The maximum atomic E-state index is 12.6. The van der Waals surface area contributed by atoms with Crippen molar-refractivity contribution in [3.8, 4) is 0 Å². The zero-order chi connectivity index (χ0) is 19.1. The molecular formula is C19H21N7O2. The number of hydrogen-bond donors (Lipinski definition) is 1. The van der Waals surface area contributed by atoms with Crippen LogP contribution in [0, 0.1) is 11.8 Å². The summed E-state index contributed by atoms with van der Waals surface area (Å²) in [4.78, 5) is 32.0. The van der Waals surface area contributed by atoms with Crippen LogP contribution in [0.25, 0.3) is 6.08 Å². The average Bonchev–Trinajstić information content (AvgIpc) is 3.41. The van der Waals surface area contributed by atoms with Gasteiger partial charge in [0.25, 0.3) is 0 Å². The molecule has 1 N–H and O–H groups in total. The van der Waals surface area contributed by atoms with Gasteiger partial charge in [0.05, 0.1) is 6.04 Å². The number of nitrogens with one attached hydrogen (secondary N) is 1. The zero-order valence-corrected chi connectivity index (χ0v) is 15.4. The number of amides is 2. The average molecular weight is 379 g/mol. The van der Waals surface area contributed by atoms with Gasteiger partial charge in [0.1, 0.15) is 5.82 Å². The Hall–Kier alpha value is -3.10. The molecule has 0 bridgehead atoms. The first kappa shape index (κ1) is 17.0. The number of nitrogens with zero attached hydrogens (tertiary/aromatic N) is 6. The summed E-state index contributed by atoms with van der Waals surface area (Å²) in [6.07, 6.45) is 9.74. The predicted octanol–water partition coefficient (Wildman–Crippen LogP) is 1.08. The molecule has 0 aromatic carbocycles. The lowest BCUT2D eigenvalue weighted by Crippen LogP contribution is -2.28. The summed E-state index contributed by atoms with van der Waals surface area (Å²) in [6, 6.07) is 2.28. The first-order chi connectivity index (χ1) is 13.7. The number of carbonyl (C=O) groups excluding carboxylic acids is 2. The lowest BCUT2D eigenvalue weighted by Gasteiger charge is -2.17. The van der Waals surface area contributed by atoms with Crippen molar-refractivity contribution in [1.82, 2.24) is 30.1 Å². The molecule has 1 saturated heterocycles. The molecule has 9 nitrogen and oxygen atoms in total. The Balaban J connectivity index is 1.20. The molecule has 9 heteroatoms. The Labute approximate surface area is 161 Å². The van der Waals surface area contributed by atoms with Gasteiger partial charge in [-0.2, -0.15) is 4.80 Å². The van der Waals surface area contributed by atoms with Gasteiger partial charge in [-0.15, -0.1) is 10.2 Å². The Bertz CT molecular complexity index is 926. The fourth-order valence-corrected chi connectivity index (χ4v) is 4.62. The topological polar surface area (TPSA) is 106 Å². The van der Waals surface area contributed by atoms with Gasteiger partial charge in [0.15, 0.2) is 6.33 Å². The Morgan fingerprint density at radius 3 is 2.79 bits per heavy atom. The smallest absolute Gasteiger partial charge is 0.246 e. The lowest BCUT2D eigenvalue weighted by molar-refractivity contribution is -0.125. The molecule has 3 atom stereocenters. The van der Waals surface area contributed by atoms with E-state index in [1.807, 2.05) is 17.0 Å². The van der Waals surface area contributed by atoms with Gasteiger partial charge < -0.3 is 10.2 Å². The van der Waals surface area contributed by atoms with Gasteiger partial charge in [-0.05, 0) is 59.6 Å². The summed E-state index contributed by atoms with van der Waals surface area (Å²) in [5.41, 5.74) is 1.89. The fraction of sp³-hybridized carbons (Fsp3) is 0.474. The van der Waals surface area contributed by atoms with Gasteiger partial charge >= 0.3 is 0 Å². The second-order valence-corrected chi connectivity index (χ2v) is 7.80. The van der Waals surface area contributed by atoms with E-state index in [9.17, 15) is 9.59 Å². The van der Waals surface area contributed by atoms with Crippen molar-refractivity contribution in [3.63, 3.8) is 0 Å². The standard InChI is InChI=1S/C19H21N7O2/c27-17-3-2-13-5-12(8-20-19(13)23-17)1-4-18(28)25-9-14-6-16(7-15(14)10-25)26-22-11-21-24-26/h1,4-5,8,11,14-16H,2-3,6-7,9-10H2,(H,20,23,27)/t14-,15+,16?. The van der Waals surface area contributed by atoms with Crippen molar-refractivity contribution in [2.45, 2.75) is 31.7 Å².